The number of fused-ring (bicyclic) bond motifs is 1. The highest BCUT2D eigenvalue weighted by Gasteiger charge is 2.38. The van der Waals surface area contributed by atoms with Gasteiger partial charge in [0.05, 0.1) is 12.1 Å². The van der Waals surface area contributed by atoms with Crippen molar-refractivity contribution < 1.29 is 14.3 Å². The Balaban J connectivity index is 1.71. The molecule has 3 aromatic carbocycles. The molecule has 1 aliphatic heterocycles. The van der Waals surface area contributed by atoms with Crippen molar-refractivity contribution in [3.05, 3.63) is 90.0 Å². The third-order valence-electron chi connectivity index (χ3n) is 6.17. The van der Waals surface area contributed by atoms with Crippen molar-refractivity contribution in [1.29, 1.82) is 0 Å². The quantitative estimate of drug-likeness (QED) is 0.431. The van der Waals surface area contributed by atoms with Crippen molar-refractivity contribution in [1.82, 2.24) is 0 Å². The molecule has 2 amide bonds. The molecule has 0 aliphatic carbocycles. The van der Waals surface area contributed by atoms with Crippen LogP contribution < -0.4 is 14.5 Å². The Hall–Kier alpha value is -3.60. The SMILES string of the molecule is CCC(=O)N(c1ccccc1)[C@@H]1C[C@H](C)N(C(=O)c2ccc(OC(C)C)cc2)c2ccccc21. The summed E-state index contributed by atoms with van der Waals surface area (Å²) in [7, 11) is 0. The number of rotatable bonds is 6. The van der Waals surface area contributed by atoms with Crippen LogP contribution in [0.15, 0.2) is 78.9 Å². The molecule has 0 saturated carbocycles. The molecule has 0 spiro atoms. The number of benzene rings is 3. The van der Waals surface area contributed by atoms with Gasteiger partial charge in [-0.05, 0) is 75.2 Å². The van der Waals surface area contributed by atoms with E-state index in [-0.39, 0.29) is 30.0 Å². The van der Waals surface area contributed by atoms with E-state index < -0.39 is 0 Å². The molecular weight excluding hydrogens is 424 g/mol. The minimum atomic E-state index is -0.146. The van der Waals surface area contributed by atoms with E-state index in [1.165, 1.54) is 0 Å². The van der Waals surface area contributed by atoms with Gasteiger partial charge in [0, 0.05) is 29.4 Å². The van der Waals surface area contributed by atoms with Gasteiger partial charge in [0.2, 0.25) is 5.91 Å². The molecule has 34 heavy (non-hydrogen) atoms. The van der Waals surface area contributed by atoms with E-state index in [4.69, 9.17) is 4.74 Å². The van der Waals surface area contributed by atoms with Crippen molar-refractivity contribution in [2.24, 2.45) is 0 Å². The van der Waals surface area contributed by atoms with Crippen LogP contribution in [0.3, 0.4) is 0 Å². The highest BCUT2D eigenvalue weighted by molar-refractivity contribution is 6.07. The smallest absolute Gasteiger partial charge is 0.258 e. The van der Waals surface area contributed by atoms with Crippen LogP contribution in [0.1, 0.15) is 62.5 Å². The second-order valence-corrected chi connectivity index (χ2v) is 8.98. The van der Waals surface area contributed by atoms with Gasteiger partial charge in [-0.2, -0.15) is 0 Å². The Kier molecular flexibility index (Phi) is 7.01. The summed E-state index contributed by atoms with van der Waals surface area (Å²) in [5, 5.41) is 0. The number of hydrogen-bond donors (Lipinski definition) is 0. The zero-order chi connectivity index (χ0) is 24.2. The highest BCUT2D eigenvalue weighted by Crippen LogP contribution is 2.43. The molecule has 5 nitrogen and oxygen atoms in total. The second-order valence-electron chi connectivity index (χ2n) is 8.98. The molecule has 0 unspecified atom stereocenters. The van der Waals surface area contributed by atoms with E-state index in [0.29, 0.717) is 18.4 Å². The van der Waals surface area contributed by atoms with Crippen molar-refractivity contribution in [2.75, 3.05) is 9.80 Å². The van der Waals surface area contributed by atoms with Crippen molar-refractivity contribution >= 4 is 23.2 Å². The zero-order valence-electron chi connectivity index (χ0n) is 20.3. The van der Waals surface area contributed by atoms with Gasteiger partial charge in [0.15, 0.2) is 0 Å². The van der Waals surface area contributed by atoms with Gasteiger partial charge in [-0.1, -0.05) is 43.3 Å². The van der Waals surface area contributed by atoms with E-state index in [1.807, 2.05) is 109 Å². The van der Waals surface area contributed by atoms with Gasteiger partial charge in [0.25, 0.3) is 5.91 Å². The molecule has 1 aliphatic rings. The topological polar surface area (TPSA) is 49.9 Å². The molecule has 0 fully saturated rings. The molecule has 1 heterocycles. The van der Waals surface area contributed by atoms with Gasteiger partial charge in [-0.25, -0.2) is 0 Å². The highest BCUT2D eigenvalue weighted by atomic mass is 16.5. The average Bonchev–Trinajstić information content (AvgIpc) is 2.84. The van der Waals surface area contributed by atoms with Crippen LogP contribution in [0.4, 0.5) is 11.4 Å². The number of carbonyl (C=O) groups is 2. The Morgan fingerprint density at radius 1 is 0.971 bits per heavy atom. The van der Waals surface area contributed by atoms with Crippen LogP contribution in [0.2, 0.25) is 0 Å². The maximum atomic E-state index is 13.6. The molecule has 5 heteroatoms. The normalized spacial score (nSPS) is 17.3. The summed E-state index contributed by atoms with van der Waals surface area (Å²) in [5.41, 5.74) is 3.32. The summed E-state index contributed by atoms with van der Waals surface area (Å²) in [6, 6.07) is 24.8. The van der Waals surface area contributed by atoms with Crippen molar-refractivity contribution in [2.45, 2.75) is 58.7 Å². The molecule has 0 radical (unpaired) electrons. The van der Waals surface area contributed by atoms with Crippen molar-refractivity contribution in [3.63, 3.8) is 0 Å². The predicted molar refractivity (Wildman–Crippen MR) is 136 cm³/mol. The number of nitrogens with zero attached hydrogens (tertiary/aromatic N) is 2. The van der Waals surface area contributed by atoms with Crippen LogP contribution in [0.25, 0.3) is 0 Å². The molecule has 176 valence electrons. The largest absolute Gasteiger partial charge is 0.491 e. The van der Waals surface area contributed by atoms with Gasteiger partial charge >= 0.3 is 0 Å². The zero-order valence-corrected chi connectivity index (χ0v) is 20.3. The summed E-state index contributed by atoms with van der Waals surface area (Å²) in [4.78, 5) is 30.5. The molecule has 0 saturated heterocycles. The number of anilines is 2. The lowest BCUT2D eigenvalue weighted by Crippen LogP contribution is -2.47. The Bertz CT molecular complexity index is 1140. The van der Waals surface area contributed by atoms with Crippen LogP contribution >= 0.6 is 0 Å². The van der Waals surface area contributed by atoms with Crippen LogP contribution in [0.5, 0.6) is 5.75 Å². The van der Waals surface area contributed by atoms with Gasteiger partial charge in [-0.3, -0.25) is 9.59 Å². The van der Waals surface area contributed by atoms with Crippen LogP contribution in [-0.4, -0.2) is 24.0 Å². The first-order valence-electron chi connectivity index (χ1n) is 12.0. The standard InChI is InChI=1S/C29H32N2O3/c1-5-28(32)31(23-11-7-6-8-12-23)27-19-21(4)30(26-14-10-9-13-25(26)27)29(33)22-15-17-24(18-16-22)34-20(2)3/h6-18,20-21,27H,5,19H2,1-4H3/t21-,27+/m0/s1. The monoisotopic (exact) mass is 456 g/mol. The van der Waals surface area contributed by atoms with Gasteiger partial charge in [-0.15, -0.1) is 0 Å². The van der Waals surface area contributed by atoms with Crippen LogP contribution in [-0.2, 0) is 4.79 Å². The lowest BCUT2D eigenvalue weighted by molar-refractivity contribution is -0.118. The second kappa shape index (κ2) is 10.1. The number of ether oxygens (including phenoxy) is 1. The summed E-state index contributed by atoms with van der Waals surface area (Å²) >= 11 is 0. The maximum absolute atomic E-state index is 13.6. The van der Waals surface area contributed by atoms with E-state index >= 15 is 0 Å². The lowest BCUT2D eigenvalue weighted by atomic mass is 9.89. The molecule has 0 aromatic heterocycles. The predicted octanol–water partition coefficient (Wildman–Crippen LogP) is 6.40. The summed E-state index contributed by atoms with van der Waals surface area (Å²) in [6.07, 6.45) is 1.14. The van der Waals surface area contributed by atoms with E-state index in [9.17, 15) is 9.59 Å². The molecule has 4 rings (SSSR count). The average molecular weight is 457 g/mol. The van der Waals surface area contributed by atoms with Crippen LogP contribution in [0, 0.1) is 0 Å². The van der Waals surface area contributed by atoms with E-state index in [0.717, 1.165) is 22.7 Å². The number of carbonyl (C=O) groups excluding carboxylic acids is 2. The maximum Gasteiger partial charge on any atom is 0.258 e. The minimum absolute atomic E-state index is 0.0532. The molecule has 0 bridgehead atoms. The summed E-state index contributed by atoms with van der Waals surface area (Å²) in [5.74, 6) is 0.761. The van der Waals surface area contributed by atoms with E-state index in [1.54, 1.807) is 0 Å². The Morgan fingerprint density at radius 2 is 1.62 bits per heavy atom. The third-order valence-corrected chi connectivity index (χ3v) is 6.17. The Labute approximate surface area is 202 Å². The summed E-state index contributed by atoms with van der Waals surface area (Å²) < 4.78 is 5.72. The Morgan fingerprint density at radius 3 is 2.26 bits per heavy atom. The first kappa shape index (κ1) is 23.6. The third kappa shape index (κ3) is 4.69. The molecule has 3 aromatic rings. The lowest BCUT2D eigenvalue weighted by Gasteiger charge is -2.43. The fraction of sp³-hybridized carbons (Fsp3) is 0.310. The number of hydrogen-bond acceptors (Lipinski definition) is 3. The molecular formula is C29H32N2O3. The number of para-hydroxylation sites is 2. The van der Waals surface area contributed by atoms with Gasteiger partial charge < -0.3 is 14.5 Å². The van der Waals surface area contributed by atoms with Gasteiger partial charge in [0.1, 0.15) is 5.75 Å². The number of amides is 2. The van der Waals surface area contributed by atoms with E-state index in [2.05, 4.69) is 6.92 Å². The first-order chi connectivity index (χ1) is 16.4. The van der Waals surface area contributed by atoms with Crippen molar-refractivity contribution in [3.8, 4) is 5.75 Å². The fourth-order valence-electron chi connectivity index (χ4n) is 4.68. The molecule has 0 N–H and O–H groups in total. The first-order valence-corrected chi connectivity index (χ1v) is 12.0. The molecule has 2 atom stereocenters. The fourth-order valence-corrected chi connectivity index (χ4v) is 4.68. The summed E-state index contributed by atoms with van der Waals surface area (Å²) in [6.45, 7) is 7.89. The minimum Gasteiger partial charge on any atom is -0.491 e.